The Bertz CT molecular complexity index is 130. The van der Waals surface area contributed by atoms with Gasteiger partial charge in [0.1, 0.15) is 0 Å². The summed E-state index contributed by atoms with van der Waals surface area (Å²) in [7, 11) is 1.48. The van der Waals surface area contributed by atoms with E-state index in [1.54, 1.807) is 0 Å². The van der Waals surface area contributed by atoms with E-state index in [0.29, 0.717) is 0 Å². The Morgan fingerprint density at radius 1 is 1.50 bits per heavy atom. The van der Waals surface area contributed by atoms with Crippen molar-refractivity contribution in [1.29, 1.82) is 0 Å². The van der Waals surface area contributed by atoms with Crippen molar-refractivity contribution in [2.24, 2.45) is 0 Å². The summed E-state index contributed by atoms with van der Waals surface area (Å²) in [5.74, 6) is 0. The average molecular weight is 224 g/mol. The van der Waals surface area contributed by atoms with Crippen LogP contribution in [0.3, 0.4) is 0 Å². The molecule has 0 aliphatic heterocycles. The molecule has 0 aromatic carbocycles. The average Bonchev–Trinajstić information content (AvgIpc) is 1.63. The molecule has 0 bridgehead atoms. The fourth-order valence-corrected chi connectivity index (χ4v) is 1.94. The first kappa shape index (κ1) is 15.0. The normalized spacial score (nSPS) is 16.1. The Labute approximate surface area is 115 Å². The predicted molar refractivity (Wildman–Crippen MR) is 44.9 cm³/mol. The molecule has 0 radical (unpaired) electrons. The summed E-state index contributed by atoms with van der Waals surface area (Å²) in [6.07, 6.45) is 0.0632. The maximum Gasteiger partial charge on any atom is 1.00 e. The molecule has 0 rings (SSSR count). The van der Waals surface area contributed by atoms with Crippen LogP contribution in [0.5, 0.6) is 0 Å². The Balaban J connectivity index is 0. The molecule has 0 heterocycles. The summed E-state index contributed by atoms with van der Waals surface area (Å²) in [6, 6.07) is 0. The zero-order valence-corrected chi connectivity index (χ0v) is 12.3. The van der Waals surface area contributed by atoms with Crippen molar-refractivity contribution in [2.75, 3.05) is 7.11 Å². The van der Waals surface area contributed by atoms with Gasteiger partial charge >= 0.3 is 51.4 Å². The van der Waals surface area contributed by atoms with Gasteiger partial charge in [0, 0.05) is 7.11 Å². The Morgan fingerprint density at radius 2 is 1.90 bits per heavy atom. The molecule has 0 aliphatic rings. The number of rotatable bonds is 3. The predicted octanol–water partition coefficient (Wildman–Crippen LogP) is -1.17. The van der Waals surface area contributed by atoms with Crippen LogP contribution in [0.25, 0.3) is 0 Å². The third-order valence-electron chi connectivity index (χ3n) is 0.564. The Kier molecular flexibility index (Phi) is 10.5. The van der Waals surface area contributed by atoms with Crippen LogP contribution in [0.1, 0.15) is 13.8 Å². The molecule has 1 atom stereocenters. The van der Waals surface area contributed by atoms with Crippen LogP contribution < -0.4 is 51.4 Å². The van der Waals surface area contributed by atoms with Gasteiger partial charge in [-0.15, -0.1) is 0 Å². The van der Waals surface area contributed by atoms with Crippen LogP contribution in [0.15, 0.2) is 0 Å². The van der Waals surface area contributed by atoms with Crippen molar-refractivity contribution in [3.8, 4) is 0 Å². The minimum Gasteiger partial charge on any atom is -0.691 e. The van der Waals surface area contributed by atoms with E-state index in [-0.39, 0.29) is 57.5 Å². The molecule has 0 aromatic rings. The summed E-state index contributed by atoms with van der Waals surface area (Å²) in [5, 5.41) is 0. The van der Waals surface area contributed by atoms with Gasteiger partial charge in [-0.1, -0.05) is 11.8 Å². The zero-order valence-electron chi connectivity index (χ0n) is 6.66. The van der Waals surface area contributed by atoms with Gasteiger partial charge in [0.2, 0.25) is 0 Å². The molecule has 2 nitrogen and oxygen atoms in total. The maximum absolute atomic E-state index is 5.11. The molecule has 6 heteroatoms. The van der Waals surface area contributed by atoms with Gasteiger partial charge < -0.3 is 21.3 Å². The van der Waals surface area contributed by atoms with Crippen molar-refractivity contribution in [1.82, 2.24) is 0 Å². The van der Waals surface area contributed by atoms with Gasteiger partial charge in [0.15, 0.2) is 0 Å². The van der Waals surface area contributed by atoms with Crippen LogP contribution in [0.2, 0.25) is 0 Å². The second kappa shape index (κ2) is 7.01. The summed E-state index contributed by atoms with van der Waals surface area (Å²) in [5.41, 5.74) is -2.31. The number of hydrogen-bond donors (Lipinski definition) is 0. The minimum absolute atomic E-state index is 0. The zero-order chi connectivity index (χ0) is 7.49. The first-order valence-electron chi connectivity index (χ1n) is 2.53. The van der Waals surface area contributed by atoms with E-state index in [9.17, 15) is 0 Å². The van der Waals surface area contributed by atoms with Crippen molar-refractivity contribution < 1.29 is 60.4 Å². The first-order chi connectivity index (χ1) is 3.98. The van der Waals surface area contributed by atoms with Crippen LogP contribution in [0, 0.1) is 0 Å². The minimum atomic E-state index is -2.31. The first-order valence-corrected chi connectivity index (χ1v) is 6.18. The van der Waals surface area contributed by atoms with Crippen molar-refractivity contribution in [3.05, 3.63) is 0 Å². The van der Waals surface area contributed by atoms with Crippen molar-refractivity contribution in [2.45, 2.75) is 20.0 Å². The number of hydrogen-bond acceptors (Lipinski definition) is 4. The summed E-state index contributed by atoms with van der Waals surface area (Å²) in [6.45, 7) is 3.76. The standard InChI is InChI=1S/C4H11O2PS2.K/c1-4(2)6-7(8,9)5-3;/h4H,1-3H3,(H,8,9);/q;+1/p-1. The van der Waals surface area contributed by atoms with Gasteiger partial charge in [0.25, 0.3) is 0 Å². The molecule has 0 fully saturated rings. The molecule has 0 N–H and O–H groups in total. The molecular formula is C4H10KO2PS2. The molecule has 1 unspecified atom stereocenters. The van der Waals surface area contributed by atoms with Crippen molar-refractivity contribution in [3.63, 3.8) is 0 Å². The van der Waals surface area contributed by atoms with E-state index in [4.69, 9.17) is 33.1 Å². The Hall–Kier alpha value is 2.56. The summed E-state index contributed by atoms with van der Waals surface area (Å²) >= 11 is 9.60. The monoisotopic (exact) mass is 224 g/mol. The topological polar surface area (TPSA) is 18.5 Å². The second-order valence-electron chi connectivity index (χ2n) is 1.78. The second-order valence-corrected chi connectivity index (χ2v) is 6.83. The molecule has 0 saturated carbocycles. The van der Waals surface area contributed by atoms with Gasteiger partial charge in [-0.25, -0.2) is 0 Å². The van der Waals surface area contributed by atoms with E-state index in [0.717, 1.165) is 0 Å². The van der Waals surface area contributed by atoms with Crippen LogP contribution >= 0.6 is 5.69 Å². The maximum atomic E-state index is 5.11. The largest absolute Gasteiger partial charge is 1.00 e. The van der Waals surface area contributed by atoms with E-state index in [2.05, 4.69) is 0 Å². The van der Waals surface area contributed by atoms with E-state index < -0.39 is 5.69 Å². The smallest absolute Gasteiger partial charge is 0.691 e. The van der Waals surface area contributed by atoms with Crippen molar-refractivity contribution >= 4 is 29.7 Å². The van der Waals surface area contributed by atoms with Gasteiger partial charge in [0.05, 0.1) is 11.8 Å². The third kappa shape index (κ3) is 8.65. The van der Waals surface area contributed by atoms with Gasteiger partial charge in [-0.05, 0) is 13.8 Å². The van der Waals surface area contributed by atoms with E-state index >= 15 is 0 Å². The molecule has 0 aliphatic carbocycles. The molecule has 0 saturated heterocycles. The molecular weight excluding hydrogens is 214 g/mol. The molecule has 0 spiro atoms. The Morgan fingerprint density at radius 3 is 2.00 bits per heavy atom. The van der Waals surface area contributed by atoms with E-state index in [1.165, 1.54) is 7.11 Å². The van der Waals surface area contributed by atoms with Crippen LogP contribution in [0.4, 0.5) is 0 Å². The molecule has 10 heavy (non-hydrogen) atoms. The quantitative estimate of drug-likeness (QED) is 0.342. The summed E-state index contributed by atoms with van der Waals surface area (Å²) < 4.78 is 9.87. The molecule has 0 amide bonds. The summed E-state index contributed by atoms with van der Waals surface area (Å²) in [4.78, 5) is 0. The third-order valence-corrected chi connectivity index (χ3v) is 3.10. The van der Waals surface area contributed by atoms with Gasteiger partial charge in [-0.3, -0.25) is 0 Å². The van der Waals surface area contributed by atoms with Gasteiger partial charge in [-0.2, -0.15) is 0 Å². The fraction of sp³-hybridized carbons (Fsp3) is 1.00. The van der Waals surface area contributed by atoms with Crippen LogP contribution in [-0.2, 0) is 33.1 Å². The van der Waals surface area contributed by atoms with E-state index in [1.807, 2.05) is 13.8 Å². The molecule has 56 valence electrons. The SMILES string of the molecule is COP(=S)([S-])OC(C)C.[K+]. The van der Waals surface area contributed by atoms with Crippen LogP contribution in [-0.4, -0.2) is 13.2 Å². The molecule has 0 aromatic heterocycles. The fourth-order valence-electron chi connectivity index (χ4n) is 0.301.